The molecular formula is C23H21FN2O4. The Balaban J connectivity index is 2.01. The minimum Gasteiger partial charge on any atom is -0.496 e. The second-order valence-electron chi connectivity index (χ2n) is 6.92. The summed E-state index contributed by atoms with van der Waals surface area (Å²) in [5, 5.41) is 7.44. The number of halogens is 1. The molecule has 6 nitrogen and oxygen atoms in total. The van der Waals surface area contributed by atoms with Crippen molar-refractivity contribution >= 4 is 16.9 Å². The van der Waals surface area contributed by atoms with Gasteiger partial charge in [0, 0.05) is 23.1 Å². The number of aromatic nitrogens is 1. The number of hydrogen-bond acceptors (Lipinski definition) is 5. The first-order valence-corrected chi connectivity index (χ1v) is 9.56. The van der Waals surface area contributed by atoms with Crippen LogP contribution in [0.2, 0.25) is 0 Å². The summed E-state index contributed by atoms with van der Waals surface area (Å²) in [6.45, 7) is 5.98. The number of amides is 1. The number of carbonyl (C=O) groups is 1. The zero-order valence-corrected chi connectivity index (χ0v) is 17.1. The molecule has 0 unspecified atom stereocenters. The van der Waals surface area contributed by atoms with Crippen LogP contribution in [0.5, 0.6) is 5.75 Å². The molecule has 1 amide bonds. The third-order valence-corrected chi connectivity index (χ3v) is 4.98. The maximum Gasteiger partial charge on any atom is 0.255 e. The fraction of sp³-hybridized carbons (Fsp3) is 0.217. The predicted octanol–water partition coefficient (Wildman–Crippen LogP) is 5.27. The van der Waals surface area contributed by atoms with E-state index in [1.165, 1.54) is 12.1 Å². The smallest absolute Gasteiger partial charge is 0.255 e. The van der Waals surface area contributed by atoms with Crippen molar-refractivity contribution < 1.29 is 22.9 Å². The molecule has 154 valence electrons. The van der Waals surface area contributed by atoms with Crippen LogP contribution in [0.25, 0.3) is 33.4 Å². The molecule has 1 N–H and O–H groups in total. The standard InChI is InChI=1S/C23H21FN2O4/c1-5-25-23(27)21-17-10-18(28-4)16(20-12(2)26-30-13(20)3)11-19(17)29-22(21)14-6-8-15(24)9-7-14/h6-11H,5H2,1-4H3,(H,25,27). The highest BCUT2D eigenvalue weighted by molar-refractivity contribution is 6.12. The van der Waals surface area contributed by atoms with Gasteiger partial charge in [0.25, 0.3) is 5.91 Å². The first-order chi connectivity index (χ1) is 14.4. The molecule has 0 aliphatic heterocycles. The van der Waals surface area contributed by atoms with Crippen LogP contribution in [-0.2, 0) is 0 Å². The van der Waals surface area contributed by atoms with Gasteiger partial charge in [-0.1, -0.05) is 5.16 Å². The molecule has 0 saturated carbocycles. The van der Waals surface area contributed by atoms with E-state index in [1.807, 2.05) is 26.8 Å². The van der Waals surface area contributed by atoms with Crippen molar-refractivity contribution in [3.63, 3.8) is 0 Å². The van der Waals surface area contributed by atoms with E-state index in [9.17, 15) is 9.18 Å². The number of fused-ring (bicyclic) bond motifs is 1. The Morgan fingerprint density at radius 2 is 1.93 bits per heavy atom. The van der Waals surface area contributed by atoms with Crippen LogP contribution in [0, 0.1) is 19.7 Å². The summed E-state index contributed by atoms with van der Waals surface area (Å²) in [6, 6.07) is 9.43. The van der Waals surface area contributed by atoms with Crippen LogP contribution in [0.15, 0.2) is 45.3 Å². The molecule has 2 aromatic heterocycles. The fourth-order valence-electron chi connectivity index (χ4n) is 3.63. The number of nitrogens with zero attached hydrogens (tertiary/aromatic N) is 1. The van der Waals surface area contributed by atoms with Gasteiger partial charge >= 0.3 is 0 Å². The molecule has 0 aliphatic rings. The molecule has 2 aromatic carbocycles. The third kappa shape index (κ3) is 3.22. The van der Waals surface area contributed by atoms with Gasteiger partial charge in [0.1, 0.15) is 28.7 Å². The minimum atomic E-state index is -0.364. The van der Waals surface area contributed by atoms with Crippen LogP contribution in [0.4, 0.5) is 4.39 Å². The van der Waals surface area contributed by atoms with Crippen LogP contribution in [-0.4, -0.2) is 24.7 Å². The van der Waals surface area contributed by atoms with Gasteiger partial charge < -0.3 is 19.0 Å². The second kappa shape index (κ2) is 7.67. The molecule has 0 atom stereocenters. The van der Waals surface area contributed by atoms with Crippen molar-refractivity contribution in [2.45, 2.75) is 20.8 Å². The lowest BCUT2D eigenvalue weighted by Gasteiger charge is -2.09. The molecule has 7 heteroatoms. The number of methoxy groups -OCH3 is 1. The first-order valence-electron chi connectivity index (χ1n) is 9.56. The van der Waals surface area contributed by atoms with Crippen molar-refractivity contribution in [3.8, 4) is 28.2 Å². The quantitative estimate of drug-likeness (QED) is 0.487. The second-order valence-corrected chi connectivity index (χ2v) is 6.92. The topological polar surface area (TPSA) is 77.5 Å². The maximum absolute atomic E-state index is 13.4. The van der Waals surface area contributed by atoms with Gasteiger partial charge in [-0.25, -0.2) is 4.39 Å². The van der Waals surface area contributed by atoms with E-state index in [1.54, 1.807) is 25.3 Å². The fourth-order valence-corrected chi connectivity index (χ4v) is 3.63. The van der Waals surface area contributed by atoms with E-state index in [4.69, 9.17) is 13.7 Å². The van der Waals surface area contributed by atoms with E-state index in [0.717, 1.165) is 16.8 Å². The number of hydrogen-bond donors (Lipinski definition) is 1. The number of carbonyl (C=O) groups excluding carboxylic acids is 1. The van der Waals surface area contributed by atoms with Gasteiger partial charge in [-0.3, -0.25) is 4.79 Å². The lowest BCUT2D eigenvalue weighted by Crippen LogP contribution is -2.22. The Hall–Kier alpha value is -3.61. The molecular weight excluding hydrogens is 387 g/mol. The van der Waals surface area contributed by atoms with Crippen molar-refractivity contribution in [2.24, 2.45) is 0 Å². The van der Waals surface area contributed by atoms with Gasteiger partial charge in [-0.05, 0) is 57.2 Å². The summed E-state index contributed by atoms with van der Waals surface area (Å²) in [5.74, 6) is 0.946. The Labute approximate surface area is 172 Å². The zero-order valence-electron chi connectivity index (χ0n) is 17.1. The highest BCUT2D eigenvalue weighted by atomic mass is 19.1. The molecule has 30 heavy (non-hydrogen) atoms. The molecule has 4 rings (SSSR count). The summed E-state index contributed by atoms with van der Waals surface area (Å²) in [6.07, 6.45) is 0. The summed E-state index contributed by atoms with van der Waals surface area (Å²) >= 11 is 0. The van der Waals surface area contributed by atoms with Crippen molar-refractivity contribution in [3.05, 3.63) is 59.2 Å². The zero-order chi connectivity index (χ0) is 21.4. The van der Waals surface area contributed by atoms with E-state index in [-0.39, 0.29) is 11.7 Å². The van der Waals surface area contributed by atoms with Gasteiger partial charge in [-0.2, -0.15) is 0 Å². The number of furan rings is 1. The van der Waals surface area contributed by atoms with Gasteiger partial charge in [0.15, 0.2) is 0 Å². The number of rotatable bonds is 5. The SMILES string of the molecule is CCNC(=O)c1c(-c2ccc(F)cc2)oc2cc(-c3c(C)noc3C)c(OC)cc12. The average molecular weight is 408 g/mol. The van der Waals surface area contributed by atoms with E-state index >= 15 is 0 Å². The van der Waals surface area contributed by atoms with E-state index in [2.05, 4.69) is 10.5 Å². The molecule has 0 spiro atoms. The highest BCUT2D eigenvalue weighted by Crippen LogP contribution is 2.42. The third-order valence-electron chi connectivity index (χ3n) is 4.98. The molecule has 4 aromatic rings. The minimum absolute atomic E-state index is 0.275. The van der Waals surface area contributed by atoms with Crippen LogP contribution >= 0.6 is 0 Å². The monoisotopic (exact) mass is 408 g/mol. The normalized spacial score (nSPS) is 11.1. The predicted molar refractivity (Wildman–Crippen MR) is 111 cm³/mol. The lowest BCUT2D eigenvalue weighted by atomic mass is 9.99. The number of benzene rings is 2. The summed E-state index contributed by atoms with van der Waals surface area (Å²) in [7, 11) is 1.57. The van der Waals surface area contributed by atoms with Crippen LogP contribution in [0.1, 0.15) is 28.7 Å². The van der Waals surface area contributed by atoms with Crippen molar-refractivity contribution in [1.82, 2.24) is 10.5 Å². The van der Waals surface area contributed by atoms with Gasteiger partial charge in [-0.15, -0.1) is 0 Å². The maximum atomic E-state index is 13.4. The van der Waals surface area contributed by atoms with Crippen molar-refractivity contribution in [2.75, 3.05) is 13.7 Å². The van der Waals surface area contributed by atoms with E-state index in [0.29, 0.717) is 45.9 Å². The summed E-state index contributed by atoms with van der Waals surface area (Å²) in [4.78, 5) is 12.9. The molecule has 0 bridgehead atoms. The highest BCUT2D eigenvalue weighted by Gasteiger charge is 2.25. The number of ether oxygens (including phenoxy) is 1. The summed E-state index contributed by atoms with van der Waals surface area (Å²) < 4.78 is 30.5. The van der Waals surface area contributed by atoms with Gasteiger partial charge in [0.2, 0.25) is 0 Å². The molecule has 2 heterocycles. The van der Waals surface area contributed by atoms with Gasteiger partial charge in [0.05, 0.1) is 23.9 Å². The first kappa shape index (κ1) is 19.7. The van der Waals surface area contributed by atoms with Crippen molar-refractivity contribution in [1.29, 1.82) is 0 Å². The molecule has 0 radical (unpaired) electrons. The summed E-state index contributed by atoms with van der Waals surface area (Å²) in [5.41, 5.74) is 3.77. The number of nitrogens with one attached hydrogen (secondary N) is 1. The largest absolute Gasteiger partial charge is 0.496 e. The molecule has 0 fully saturated rings. The van der Waals surface area contributed by atoms with Crippen LogP contribution < -0.4 is 10.1 Å². The average Bonchev–Trinajstić information content (AvgIpc) is 3.26. The molecule has 0 aliphatic carbocycles. The van der Waals surface area contributed by atoms with E-state index < -0.39 is 0 Å². The van der Waals surface area contributed by atoms with Crippen LogP contribution in [0.3, 0.4) is 0 Å². The molecule has 0 saturated heterocycles. The Morgan fingerprint density at radius 3 is 2.53 bits per heavy atom. The Kier molecular flexibility index (Phi) is 5.03. The lowest BCUT2D eigenvalue weighted by molar-refractivity contribution is 0.0957. The number of aryl methyl sites for hydroxylation is 2. The Bertz CT molecular complexity index is 1220. The Morgan fingerprint density at radius 1 is 1.20 bits per heavy atom.